The van der Waals surface area contributed by atoms with Crippen LogP contribution in [-0.2, 0) is 4.79 Å². The van der Waals surface area contributed by atoms with Crippen molar-refractivity contribution < 1.29 is 9.59 Å². The minimum absolute atomic E-state index is 0.395. The number of benzene rings is 1. The number of rotatable bonds is 3. The molecule has 0 aliphatic rings. The third kappa shape index (κ3) is 4.12. The van der Waals surface area contributed by atoms with Gasteiger partial charge in [0, 0.05) is 9.92 Å². The van der Waals surface area contributed by atoms with E-state index < -0.39 is 17.2 Å². The molecular formula is C10H11ClN2O2S. The number of amides is 3. The first-order valence-corrected chi connectivity index (χ1v) is 5.77. The van der Waals surface area contributed by atoms with Crippen LogP contribution < -0.4 is 11.1 Å². The van der Waals surface area contributed by atoms with Crippen LogP contribution in [0.3, 0.4) is 0 Å². The molecule has 0 spiro atoms. The molecule has 0 saturated carbocycles. The zero-order valence-corrected chi connectivity index (χ0v) is 10.1. The summed E-state index contributed by atoms with van der Waals surface area (Å²) in [5.74, 6) is -0.410. The lowest BCUT2D eigenvalue weighted by atomic mass is 10.4. The normalized spacial score (nSPS) is 11.9. The van der Waals surface area contributed by atoms with E-state index in [9.17, 15) is 9.59 Å². The van der Waals surface area contributed by atoms with Crippen molar-refractivity contribution in [1.82, 2.24) is 5.32 Å². The number of hydrogen-bond donors (Lipinski definition) is 2. The molecule has 1 unspecified atom stereocenters. The van der Waals surface area contributed by atoms with Crippen LogP contribution in [0.4, 0.5) is 4.79 Å². The number of nitrogens with one attached hydrogen (secondary N) is 1. The minimum Gasteiger partial charge on any atom is -0.351 e. The zero-order chi connectivity index (χ0) is 12.1. The molecule has 3 amide bonds. The third-order valence-corrected chi connectivity index (χ3v) is 3.11. The summed E-state index contributed by atoms with van der Waals surface area (Å²) in [5, 5.41) is 2.27. The van der Waals surface area contributed by atoms with Gasteiger partial charge in [-0.25, -0.2) is 4.79 Å². The van der Waals surface area contributed by atoms with Crippen molar-refractivity contribution in [3.8, 4) is 0 Å². The van der Waals surface area contributed by atoms with Crippen LogP contribution >= 0.6 is 23.4 Å². The van der Waals surface area contributed by atoms with Crippen molar-refractivity contribution in [2.24, 2.45) is 5.73 Å². The average molecular weight is 259 g/mol. The molecule has 3 N–H and O–H groups in total. The van der Waals surface area contributed by atoms with Gasteiger partial charge >= 0.3 is 6.03 Å². The summed E-state index contributed by atoms with van der Waals surface area (Å²) < 4.78 is 0. The molecule has 86 valence electrons. The minimum atomic E-state index is -0.839. The highest BCUT2D eigenvalue weighted by atomic mass is 35.5. The van der Waals surface area contributed by atoms with Crippen LogP contribution in [0.25, 0.3) is 0 Å². The summed E-state index contributed by atoms with van der Waals surface area (Å²) in [5.41, 5.74) is 4.85. The van der Waals surface area contributed by atoms with Crippen LogP contribution in [0.2, 0.25) is 5.02 Å². The van der Waals surface area contributed by atoms with E-state index in [2.05, 4.69) is 0 Å². The molecule has 0 aliphatic carbocycles. The number of thioether (sulfide) groups is 1. The van der Waals surface area contributed by atoms with Gasteiger partial charge in [0.15, 0.2) is 0 Å². The number of imide groups is 1. The second-order valence-corrected chi connectivity index (χ2v) is 4.92. The average Bonchev–Trinajstić information content (AvgIpc) is 2.20. The SMILES string of the molecule is CC(Sc1ccc(Cl)cc1)C(=O)NC(N)=O. The van der Waals surface area contributed by atoms with Crippen molar-refractivity contribution in [2.75, 3.05) is 0 Å². The van der Waals surface area contributed by atoms with E-state index in [1.54, 1.807) is 31.2 Å². The Morgan fingerprint density at radius 3 is 2.44 bits per heavy atom. The molecule has 1 rings (SSSR count). The maximum absolute atomic E-state index is 11.4. The first kappa shape index (κ1) is 12.9. The fraction of sp³-hybridized carbons (Fsp3) is 0.200. The molecule has 16 heavy (non-hydrogen) atoms. The lowest BCUT2D eigenvalue weighted by Gasteiger charge is -2.09. The summed E-state index contributed by atoms with van der Waals surface area (Å²) in [6.07, 6.45) is 0. The molecule has 6 heteroatoms. The molecule has 1 aromatic carbocycles. The van der Waals surface area contributed by atoms with Crippen molar-refractivity contribution in [1.29, 1.82) is 0 Å². The maximum atomic E-state index is 11.4. The van der Waals surface area contributed by atoms with E-state index in [1.807, 2.05) is 5.32 Å². The largest absolute Gasteiger partial charge is 0.351 e. The highest BCUT2D eigenvalue weighted by Crippen LogP contribution is 2.24. The molecule has 4 nitrogen and oxygen atoms in total. The van der Waals surface area contributed by atoms with Crippen LogP contribution in [0.15, 0.2) is 29.2 Å². The van der Waals surface area contributed by atoms with Crippen LogP contribution in [0.1, 0.15) is 6.92 Å². The molecule has 0 aliphatic heterocycles. The summed E-state index contributed by atoms with van der Waals surface area (Å²) in [6, 6.07) is 6.25. The first-order valence-electron chi connectivity index (χ1n) is 4.51. The highest BCUT2D eigenvalue weighted by molar-refractivity contribution is 8.00. The van der Waals surface area contributed by atoms with E-state index in [0.717, 1.165) is 4.90 Å². The van der Waals surface area contributed by atoms with E-state index in [-0.39, 0.29) is 0 Å². The monoisotopic (exact) mass is 258 g/mol. The lowest BCUT2D eigenvalue weighted by Crippen LogP contribution is -2.39. The third-order valence-electron chi connectivity index (χ3n) is 1.74. The van der Waals surface area contributed by atoms with Crippen molar-refractivity contribution in [2.45, 2.75) is 17.1 Å². The Labute approximate surface area is 103 Å². The van der Waals surface area contributed by atoms with Gasteiger partial charge in [-0.3, -0.25) is 10.1 Å². The summed E-state index contributed by atoms with van der Waals surface area (Å²) in [6.45, 7) is 1.69. The van der Waals surface area contributed by atoms with Gasteiger partial charge in [0.25, 0.3) is 0 Å². The fourth-order valence-electron chi connectivity index (χ4n) is 0.994. The van der Waals surface area contributed by atoms with Gasteiger partial charge in [0.05, 0.1) is 5.25 Å². The maximum Gasteiger partial charge on any atom is 0.318 e. The zero-order valence-electron chi connectivity index (χ0n) is 8.57. The smallest absolute Gasteiger partial charge is 0.318 e. The molecule has 1 atom stereocenters. The molecule has 0 bridgehead atoms. The Hall–Kier alpha value is -1.20. The van der Waals surface area contributed by atoms with Gasteiger partial charge in [-0.05, 0) is 31.2 Å². The Morgan fingerprint density at radius 2 is 1.94 bits per heavy atom. The number of nitrogens with two attached hydrogens (primary N) is 1. The van der Waals surface area contributed by atoms with Crippen molar-refractivity contribution in [3.05, 3.63) is 29.3 Å². The fourth-order valence-corrected chi connectivity index (χ4v) is 1.99. The highest BCUT2D eigenvalue weighted by Gasteiger charge is 2.15. The van der Waals surface area contributed by atoms with E-state index >= 15 is 0 Å². The predicted molar refractivity (Wildman–Crippen MR) is 64.5 cm³/mol. The van der Waals surface area contributed by atoms with Gasteiger partial charge < -0.3 is 5.73 Å². The standard InChI is InChI=1S/C10H11ClN2O2S/c1-6(9(14)13-10(12)15)16-8-4-2-7(11)3-5-8/h2-6H,1H3,(H3,12,13,14,15). The second-order valence-electron chi connectivity index (χ2n) is 3.07. The number of carbonyl (C=O) groups is 2. The van der Waals surface area contributed by atoms with Gasteiger partial charge in [0.2, 0.25) is 5.91 Å². The van der Waals surface area contributed by atoms with Gasteiger partial charge in [-0.15, -0.1) is 11.8 Å². The molecule has 0 aromatic heterocycles. The molecule has 0 radical (unpaired) electrons. The number of urea groups is 1. The van der Waals surface area contributed by atoms with E-state index in [4.69, 9.17) is 17.3 Å². The molecule has 0 fully saturated rings. The number of carbonyl (C=O) groups excluding carboxylic acids is 2. The van der Waals surface area contributed by atoms with E-state index in [1.165, 1.54) is 11.8 Å². The topological polar surface area (TPSA) is 72.2 Å². The summed E-state index contributed by atoms with van der Waals surface area (Å²) in [7, 11) is 0. The number of primary amides is 1. The number of halogens is 1. The Morgan fingerprint density at radius 1 is 1.38 bits per heavy atom. The van der Waals surface area contributed by atoms with Gasteiger partial charge in [0.1, 0.15) is 0 Å². The molecular weight excluding hydrogens is 248 g/mol. The number of hydrogen-bond acceptors (Lipinski definition) is 3. The van der Waals surface area contributed by atoms with Crippen LogP contribution in [0, 0.1) is 0 Å². The van der Waals surface area contributed by atoms with Crippen LogP contribution in [-0.4, -0.2) is 17.2 Å². The first-order chi connectivity index (χ1) is 7.49. The summed E-state index contributed by atoms with van der Waals surface area (Å²) >= 11 is 7.05. The Kier molecular flexibility index (Phi) is 4.64. The second kappa shape index (κ2) is 5.77. The molecule has 1 aromatic rings. The predicted octanol–water partition coefficient (Wildman–Crippen LogP) is 2.02. The van der Waals surface area contributed by atoms with Crippen LogP contribution in [0.5, 0.6) is 0 Å². The van der Waals surface area contributed by atoms with Crippen molar-refractivity contribution in [3.63, 3.8) is 0 Å². The van der Waals surface area contributed by atoms with Crippen molar-refractivity contribution >= 4 is 35.3 Å². The van der Waals surface area contributed by atoms with Gasteiger partial charge in [-0.2, -0.15) is 0 Å². The molecule has 0 heterocycles. The van der Waals surface area contributed by atoms with Gasteiger partial charge in [-0.1, -0.05) is 11.6 Å². The lowest BCUT2D eigenvalue weighted by molar-refractivity contribution is -0.119. The molecule has 0 saturated heterocycles. The Balaban J connectivity index is 2.57. The van der Waals surface area contributed by atoms with E-state index in [0.29, 0.717) is 5.02 Å². The quantitative estimate of drug-likeness (QED) is 0.815. The summed E-state index contributed by atoms with van der Waals surface area (Å²) in [4.78, 5) is 22.7. The Bertz CT molecular complexity index is 394.